The Morgan fingerprint density at radius 1 is 1.22 bits per heavy atom. The first kappa shape index (κ1) is 12.7. The maximum atomic E-state index is 12.0. The molecule has 0 aliphatic carbocycles. The average Bonchev–Trinajstić information content (AvgIpc) is 2.32. The highest BCUT2D eigenvalue weighted by atomic mass is 79.9. The summed E-state index contributed by atoms with van der Waals surface area (Å²) in [4.78, 5) is 19.9. The zero-order valence-electron chi connectivity index (χ0n) is 10.1. The van der Waals surface area contributed by atoms with Gasteiger partial charge >= 0.3 is 0 Å². The Bertz CT molecular complexity index is 599. The second-order valence-electron chi connectivity index (χ2n) is 3.96. The number of carbonyl (C=O) groups excluding carboxylic acids is 1. The molecule has 1 aromatic carbocycles. The van der Waals surface area contributed by atoms with Crippen molar-refractivity contribution in [3.63, 3.8) is 0 Å². The third kappa shape index (κ3) is 2.92. The number of carbonyl (C=O) groups is 1. The maximum Gasteiger partial charge on any atom is 0.274 e. The van der Waals surface area contributed by atoms with Gasteiger partial charge in [0.2, 0.25) is 0 Å². The van der Waals surface area contributed by atoms with Crippen LogP contribution in [0.3, 0.4) is 0 Å². The normalized spacial score (nSPS) is 10.2. The van der Waals surface area contributed by atoms with Gasteiger partial charge in [0.15, 0.2) is 0 Å². The molecule has 0 aliphatic rings. The molecule has 1 N–H and O–H groups in total. The number of halogens is 1. The highest BCUT2D eigenvalue weighted by molar-refractivity contribution is 9.10. The highest BCUT2D eigenvalue weighted by Crippen LogP contribution is 2.20. The lowest BCUT2D eigenvalue weighted by Gasteiger charge is -2.08. The number of amides is 1. The van der Waals surface area contributed by atoms with Crippen LogP contribution in [0.4, 0.5) is 5.69 Å². The fourth-order valence-electron chi connectivity index (χ4n) is 1.53. The number of aryl methyl sites for hydroxylation is 2. The van der Waals surface area contributed by atoms with E-state index < -0.39 is 0 Å². The molecule has 0 unspecified atom stereocenters. The van der Waals surface area contributed by atoms with E-state index in [0.717, 1.165) is 21.4 Å². The quantitative estimate of drug-likeness (QED) is 0.927. The third-order valence-corrected chi connectivity index (χ3v) is 2.97. The molecule has 1 heterocycles. The summed E-state index contributed by atoms with van der Waals surface area (Å²) in [6.45, 7) is 3.76. The molecule has 18 heavy (non-hydrogen) atoms. The highest BCUT2D eigenvalue weighted by Gasteiger charge is 2.09. The van der Waals surface area contributed by atoms with Gasteiger partial charge in [-0.25, -0.2) is 9.97 Å². The van der Waals surface area contributed by atoms with Crippen LogP contribution in [0.5, 0.6) is 0 Å². The first-order chi connectivity index (χ1) is 8.56. The van der Waals surface area contributed by atoms with Crippen molar-refractivity contribution in [3.8, 4) is 0 Å². The van der Waals surface area contributed by atoms with E-state index >= 15 is 0 Å². The molecule has 0 saturated carbocycles. The first-order valence-electron chi connectivity index (χ1n) is 5.42. The summed E-state index contributed by atoms with van der Waals surface area (Å²) in [7, 11) is 0. The number of nitrogens with one attached hydrogen (secondary N) is 1. The molecule has 0 bridgehead atoms. The Balaban J connectivity index is 2.21. The molecular formula is C13H12BrN3O. The number of anilines is 1. The van der Waals surface area contributed by atoms with Crippen molar-refractivity contribution in [1.82, 2.24) is 9.97 Å². The summed E-state index contributed by atoms with van der Waals surface area (Å²) < 4.78 is 0.982. The predicted molar refractivity (Wildman–Crippen MR) is 73.6 cm³/mol. The molecule has 2 aromatic rings. The SMILES string of the molecule is Cc1cc(C(=O)Nc2ccc(Br)cc2C)ncn1. The first-order valence-corrected chi connectivity index (χ1v) is 6.22. The van der Waals surface area contributed by atoms with Crippen LogP contribution in [0.25, 0.3) is 0 Å². The van der Waals surface area contributed by atoms with Crippen molar-refractivity contribution in [2.75, 3.05) is 5.32 Å². The molecule has 4 nitrogen and oxygen atoms in total. The van der Waals surface area contributed by atoms with Crippen LogP contribution in [0.2, 0.25) is 0 Å². The van der Waals surface area contributed by atoms with Crippen molar-refractivity contribution >= 4 is 27.5 Å². The minimum absolute atomic E-state index is 0.231. The van der Waals surface area contributed by atoms with Crippen molar-refractivity contribution in [1.29, 1.82) is 0 Å². The molecule has 1 aromatic heterocycles. The summed E-state index contributed by atoms with van der Waals surface area (Å²) in [5, 5.41) is 2.83. The number of rotatable bonds is 2. The van der Waals surface area contributed by atoms with Gasteiger partial charge in [0.05, 0.1) is 0 Å². The minimum atomic E-state index is -0.231. The van der Waals surface area contributed by atoms with Crippen LogP contribution in [-0.4, -0.2) is 15.9 Å². The molecule has 0 fully saturated rings. The van der Waals surface area contributed by atoms with E-state index in [4.69, 9.17) is 0 Å². The summed E-state index contributed by atoms with van der Waals surface area (Å²) in [6, 6.07) is 7.34. The summed E-state index contributed by atoms with van der Waals surface area (Å²) in [5.74, 6) is -0.231. The largest absolute Gasteiger partial charge is 0.320 e. The van der Waals surface area contributed by atoms with E-state index in [9.17, 15) is 4.79 Å². The van der Waals surface area contributed by atoms with Gasteiger partial charge < -0.3 is 5.32 Å². The number of nitrogens with zero attached hydrogens (tertiary/aromatic N) is 2. The van der Waals surface area contributed by atoms with Crippen LogP contribution in [0.1, 0.15) is 21.7 Å². The van der Waals surface area contributed by atoms with E-state index in [1.54, 1.807) is 6.07 Å². The molecule has 0 atom stereocenters. The zero-order valence-corrected chi connectivity index (χ0v) is 11.7. The molecule has 1 amide bonds. The Morgan fingerprint density at radius 3 is 2.67 bits per heavy atom. The lowest BCUT2D eigenvalue weighted by molar-refractivity contribution is 0.102. The number of hydrogen-bond acceptors (Lipinski definition) is 3. The smallest absolute Gasteiger partial charge is 0.274 e. The number of benzene rings is 1. The predicted octanol–water partition coefficient (Wildman–Crippen LogP) is 3.11. The van der Waals surface area contributed by atoms with Crippen LogP contribution in [-0.2, 0) is 0 Å². The van der Waals surface area contributed by atoms with Gasteiger partial charge in [0, 0.05) is 15.9 Å². The van der Waals surface area contributed by atoms with Gasteiger partial charge in [-0.1, -0.05) is 15.9 Å². The molecule has 0 spiro atoms. The van der Waals surface area contributed by atoms with Crippen LogP contribution in [0, 0.1) is 13.8 Å². The minimum Gasteiger partial charge on any atom is -0.320 e. The van der Waals surface area contributed by atoms with Crippen molar-refractivity contribution in [2.24, 2.45) is 0 Å². The Labute approximate surface area is 114 Å². The lowest BCUT2D eigenvalue weighted by atomic mass is 10.2. The molecule has 0 aliphatic heterocycles. The summed E-state index contributed by atoms with van der Waals surface area (Å²) in [5.41, 5.74) is 2.90. The topological polar surface area (TPSA) is 54.9 Å². The number of hydrogen-bond donors (Lipinski definition) is 1. The van der Waals surface area contributed by atoms with E-state index in [2.05, 4.69) is 31.2 Å². The fourth-order valence-corrected chi connectivity index (χ4v) is 2.01. The van der Waals surface area contributed by atoms with E-state index in [1.807, 2.05) is 32.0 Å². The van der Waals surface area contributed by atoms with Crippen molar-refractivity contribution in [2.45, 2.75) is 13.8 Å². The van der Waals surface area contributed by atoms with Crippen LogP contribution in [0.15, 0.2) is 35.1 Å². The number of aromatic nitrogens is 2. The van der Waals surface area contributed by atoms with E-state index in [0.29, 0.717) is 5.69 Å². The molecule has 2 rings (SSSR count). The summed E-state index contributed by atoms with van der Waals surface area (Å²) >= 11 is 3.38. The Morgan fingerprint density at radius 2 is 2.00 bits per heavy atom. The standard InChI is InChI=1S/C13H12BrN3O/c1-8-5-10(14)3-4-11(8)17-13(18)12-6-9(2)15-7-16-12/h3-7H,1-2H3,(H,17,18). The molecule has 5 heteroatoms. The molecular weight excluding hydrogens is 294 g/mol. The maximum absolute atomic E-state index is 12.0. The Hall–Kier alpha value is -1.75. The van der Waals surface area contributed by atoms with E-state index in [1.165, 1.54) is 6.33 Å². The van der Waals surface area contributed by atoms with Gasteiger partial charge in [-0.3, -0.25) is 4.79 Å². The summed E-state index contributed by atoms with van der Waals surface area (Å²) in [6.07, 6.45) is 1.39. The van der Waals surface area contributed by atoms with Gasteiger partial charge in [-0.05, 0) is 43.7 Å². The zero-order chi connectivity index (χ0) is 13.1. The monoisotopic (exact) mass is 305 g/mol. The van der Waals surface area contributed by atoms with Gasteiger partial charge in [0.1, 0.15) is 12.0 Å². The van der Waals surface area contributed by atoms with Gasteiger partial charge in [-0.2, -0.15) is 0 Å². The van der Waals surface area contributed by atoms with E-state index in [-0.39, 0.29) is 5.91 Å². The third-order valence-electron chi connectivity index (χ3n) is 2.47. The second-order valence-corrected chi connectivity index (χ2v) is 4.87. The molecule has 0 radical (unpaired) electrons. The second kappa shape index (κ2) is 5.27. The Kier molecular flexibility index (Phi) is 3.72. The van der Waals surface area contributed by atoms with Gasteiger partial charge in [-0.15, -0.1) is 0 Å². The molecule has 0 saturated heterocycles. The van der Waals surface area contributed by atoms with Crippen molar-refractivity contribution < 1.29 is 4.79 Å². The fraction of sp³-hybridized carbons (Fsp3) is 0.154. The van der Waals surface area contributed by atoms with Crippen LogP contribution < -0.4 is 5.32 Å². The molecule has 92 valence electrons. The lowest BCUT2D eigenvalue weighted by Crippen LogP contribution is -2.14. The van der Waals surface area contributed by atoms with Crippen molar-refractivity contribution in [3.05, 3.63) is 52.0 Å². The van der Waals surface area contributed by atoms with Crippen LogP contribution >= 0.6 is 15.9 Å². The average molecular weight is 306 g/mol. The van der Waals surface area contributed by atoms with Gasteiger partial charge in [0.25, 0.3) is 5.91 Å².